The number of aryl methyl sites for hydroxylation is 2. The molecule has 242 valence electrons. The number of benzene rings is 2. The number of nitrogens with one attached hydrogen (secondary N) is 1. The van der Waals surface area contributed by atoms with Gasteiger partial charge in [0.1, 0.15) is 11.2 Å². The number of carbonyl (C=O) groups is 3. The van der Waals surface area contributed by atoms with Gasteiger partial charge in [0.2, 0.25) is 0 Å². The van der Waals surface area contributed by atoms with E-state index in [4.69, 9.17) is 9.47 Å². The van der Waals surface area contributed by atoms with Crippen molar-refractivity contribution in [3.8, 4) is 11.1 Å². The van der Waals surface area contributed by atoms with Crippen molar-refractivity contribution >= 4 is 17.8 Å². The van der Waals surface area contributed by atoms with E-state index in [-0.39, 0.29) is 29.4 Å². The second kappa shape index (κ2) is 15.7. The minimum atomic E-state index is -0.480. The highest BCUT2D eigenvalue weighted by atomic mass is 16.6. The van der Waals surface area contributed by atoms with Gasteiger partial charge in [-0.3, -0.25) is 14.4 Å². The molecule has 2 fully saturated rings. The molecular weight excluding hydrogens is 552 g/mol. The molecule has 2 atom stereocenters. The second-order valence-electron chi connectivity index (χ2n) is 14.4. The highest BCUT2D eigenvalue weighted by molar-refractivity contribution is 6.01. The minimum Gasteiger partial charge on any atom is -0.460 e. The van der Waals surface area contributed by atoms with Crippen LogP contribution in [0, 0.1) is 25.7 Å². The first-order valence-electron chi connectivity index (χ1n) is 16.2. The van der Waals surface area contributed by atoms with Gasteiger partial charge in [-0.15, -0.1) is 0 Å². The molecule has 0 spiro atoms. The van der Waals surface area contributed by atoms with Crippen LogP contribution < -0.4 is 5.32 Å². The third-order valence-electron chi connectivity index (χ3n) is 7.93. The zero-order valence-corrected chi connectivity index (χ0v) is 28.3. The SMILES string of the molecule is CC(C)(C)OC(=O)C[C@@H]1CCCNC1.Cc1ccc(-c2ccccc2C(=O)N2CCC[C@@H](CC(=O)OC(C)(C)C)C2)cc1C. The number of piperidine rings is 2. The fraction of sp³-hybridized carbons (Fsp3) is 0.595. The van der Waals surface area contributed by atoms with E-state index in [2.05, 4.69) is 37.4 Å². The molecule has 0 saturated carbocycles. The maximum absolute atomic E-state index is 13.4. The summed E-state index contributed by atoms with van der Waals surface area (Å²) >= 11 is 0. The Morgan fingerprint density at radius 2 is 1.43 bits per heavy atom. The van der Waals surface area contributed by atoms with Crippen molar-refractivity contribution in [3.05, 3.63) is 59.2 Å². The Balaban J connectivity index is 0.000000317. The van der Waals surface area contributed by atoms with Crippen LogP contribution in [0.5, 0.6) is 0 Å². The van der Waals surface area contributed by atoms with E-state index in [1.54, 1.807) is 0 Å². The molecule has 2 aliphatic heterocycles. The molecule has 44 heavy (non-hydrogen) atoms. The Hall–Kier alpha value is -3.19. The highest BCUT2D eigenvalue weighted by Gasteiger charge is 2.29. The number of nitrogens with zero attached hydrogens (tertiary/aromatic N) is 1. The topological polar surface area (TPSA) is 84.9 Å². The highest BCUT2D eigenvalue weighted by Crippen LogP contribution is 2.29. The maximum Gasteiger partial charge on any atom is 0.306 e. The van der Waals surface area contributed by atoms with Crippen LogP contribution in [0.25, 0.3) is 11.1 Å². The summed E-state index contributed by atoms with van der Waals surface area (Å²) in [5, 5.41) is 3.30. The minimum absolute atomic E-state index is 0.0396. The fourth-order valence-electron chi connectivity index (χ4n) is 5.75. The number of rotatable bonds is 6. The molecule has 0 aliphatic carbocycles. The Morgan fingerprint density at radius 1 is 0.818 bits per heavy atom. The molecule has 0 unspecified atom stereocenters. The third-order valence-corrected chi connectivity index (χ3v) is 7.93. The average molecular weight is 607 g/mol. The van der Waals surface area contributed by atoms with Crippen molar-refractivity contribution < 1.29 is 23.9 Å². The van der Waals surface area contributed by atoms with E-state index in [1.807, 2.05) is 70.7 Å². The molecule has 2 aliphatic rings. The molecule has 1 amide bonds. The lowest BCUT2D eigenvalue weighted by atomic mass is 9.92. The first-order valence-corrected chi connectivity index (χ1v) is 16.2. The first-order chi connectivity index (χ1) is 20.6. The third kappa shape index (κ3) is 11.7. The number of ether oxygens (including phenoxy) is 2. The van der Waals surface area contributed by atoms with Crippen molar-refractivity contribution in [2.75, 3.05) is 26.2 Å². The van der Waals surface area contributed by atoms with E-state index in [0.717, 1.165) is 55.6 Å². The van der Waals surface area contributed by atoms with Gasteiger partial charge in [0.15, 0.2) is 0 Å². The molecule has 0 aromatic heterocycles. The number of amides is 1. The Bertz CT molecular complexity index is 1270. The number of hydrogen-bond donors (Lipinski definition) is 1. The molecule has 1 N–H and O–H groups in total. The van der Waals surface area contributed by atoms with Crippen LogP contribution in [0.3, 0.4) is 0 Å². The van der Waals surface area contributed by atoms with Crippen LogP contribution in [0.2, 0.25) is 0 Å². The molecule has 2 aromatic carbocycles. The summed E-state index contributed by atoms with van der Waals surface area (Å²) in [5.74, 6) is 0.408. The van der Waals surface area contributed by atoms with Crippen LogP contribution in [0.4, 0.5) is 0 Å². The van der Waals surface area contributed by atoms with Gasteiger partial charge < -0.3 is 19.7 Å². The van der Waals surface area contributed by atoms with Crippen LogP contribution in [0.15, 0.2) is 42.5 Å². The Kier molecular flexibility index (Phi) is 12.6. The van der Waals surface area contributed by atoms with Gasteiger partial charge in [-0.1, -0.05) is 36.4 Å². The van der Waals surface area contributed by atoms with Crippen molar-refractivity contribution in [2.45, 2.75) is 105 Å². The predicted molar refractivity (Wildman–Crippen MR) is 176 cm³/mol. The first kappa shape index (κ1) is 35.3. The smallest absolute Gasteiger partial charge is 0.306 e. The lowest BCUT2D eigenvalue weighted by molar-refractivity contribution is -0.157. The van der Waals surface area contributed by atoms with Gasteiger partial charge in [-0.25, -0.2) is 0 Å². The summed E-state index contributed by atoms with van der Waals surface area (Å²) in [6, 6.07) is 14.1. The van der Waals surface area contributed by atoms with Gasteiger partial charge in [-0.05, 0) is 134 Å². The predicted octanol–water partition coefficient (Wildman–Crippen LogP) is 7.27. The number of hydrogen-bond acceptors (Lipinski definition) is 6. The molecule has 2 aromatic rings. The van der Waals surface area contributed by atoms with Crippen molar-refractivity contribution in [1.29, 1.82) is 0 Å². The van der Waals surface area contributed by atoms with E-state index >= 15 is 0 Å². The lowest BCUT2D eigenvalue weighted by Crippen LogP contribution is -2.41. The average Bonchev–Trinajstić information content (AvgIpc) is 2.93. The lowest BCUT2D eigenvalue weighted by Gasteiger charge is -2.33. The van der Waals surface area contributed by atoms with Gasteiger partial charge in [0, 0.05) is 25.1 Å². The Morgan fingerprint density at radius 3 is 2.02 bits per heavy atom. The van der Waals surface area contributed by atoms with E-state index in [1.165, 1.54) is 17.5 Å². The molecule has 7 heteroatoms. The monoisotopic (exact) mass is 606 g/mol. The quantitative estimate of drug-likeness (QED) is 0.348. The Labute approximate surface area is 265 Å². The summed E-state index contributed by atoms with van der Waals surface area (Å²) < 4.78 is 10.7. The van der Waals surface area contributed by atoms with Crippen LogP contribution in [-0.2, 0) is 19.1 Å². The molecule has 0 radical (unpaired) electrons. The maximum atomic E-state index is 13.4. The van der Waals surface area contributed by atoms with Crippen LogP contribution >= 0.6 is 0 Å². The summed E-state index contributed by atoms with van der Waals surface area (Å²) in [5.41, 5.74) is 4.36. The largest absolute Gasteiger partial charge is 0.460 e. The van der Waals surface area contributed by atoms with Crippen LogP contribution in [-0.4, -0.2) is 60.1 Å². The molecule has 4 rings (SSSR count). The molecule has 2 saturated heterocycles. The summed E-state index contributed by atoms with van der Waals surface area (Å²) in [4.78, 5) is 39.0. The van der Waals surface area contributed by atoms with Gasteiger partial charge in [0.25, 0.3) is 5.91 Å². The van der Waals surface area contributed by atoms with E-state index < -0.39 is 5.60 Å². The molecule has 0 bridgehead atoms. The number of carbonyl (C=O) groups excluding carboxylic acids is 3. The fourth-order valence-corrected chi connectivity index (χ4v) is 5.75. The van der Waals surface area contributed by atoms with E-state index in [9.17, 15) is 14.4 Å². The van der Waals surface area contributed by atoms with Gasteiger partial charge >= 0.3 is 11.9 Å². The van der Waals surface area contributed by atoms with Gasteiger partial charge in [0.05, 0.1) is 6.42 Å². The summed E-state index contributed by atoms with van der Waals surface area (Å²) in [6.45, 7) is 18.9. The van der Waals surface area contributed by atoms with Crippen molar-refractivity contribution in [3.63, 3.8) is 0 Å². The van der Waals surface area contributed by atoms with E-state index in [0.29, 0.717) is 25.3 Å². The number of esters is 2. The summed E-state index contributed by atoms with van der Waals surface area (Å²) in [6.07, 6.45) is 5.09. The summed E-state index contributed by atoms with van der Waals surface area (Å²) in [7, 11) is 0. The molecular formula is C37H54N2O5. The van der Waals surface area contributed by atoms with Crippen molar-refractivity contribution in [2.24, 2.45) is 11.8 Å². The molecule has 7 nitrogen and oxygen atoms in total. The molecule has 2 heterocycles. The standard InChI is InChI=1S/C26H33NO3.C11H21NO2/c1-18-12-13-21(15-19(18)2)22-10-6-7-11-23(22)25(29)27-14-8-9-20(17-27)16-24(28)30-26(3,4)5;1-11(2,3)14-10(13)7-9-5-4-6-12-8-9/h6-7,10-13,15,20H,8-9,14,16-17H2,1-5H3;9,12H,4-8H2,1-3H3/t20-;9-/m00/s1. The number of likely N-dealkylation sites (tertiary alicyclic amines) is 1. The van der Waals surface area contributed by atoms with Crippen molar-refractivity contribution in [1.82, 2.24) is 10.2 Å². The van der Waals surface area contributed by atoms with Gasteiger partial charge in [-0.2, -0.15) is 0 Å². The zero-order chi connectivity index (χ0) is 32.5. The zero-order valence-electron chi connectivity index (χ0n) is 28.3. The van der Waals surface area contributed by atoms with Crippen LogP contribution in [0.1, 0.15) is 102 Å². The second-order valence-corrected chi connectivity index (χ2v) is 14.4. The normalized spacial score (nSPS) is 19.0.